The summed E-state index contributed by atoms with van der Waals surface area (Å²) in [6, 6.07) is 0.848. The largest absolute Gasteiger partial charge is 0.380 e. The van der Waals surface area contributed by atoms with Crippen molar-refractivity contribution in [3.05, 3.63) is 0 Å². The third kappa shape index (κ3) is 1.01. The zero-order valence-corrected chi connectivity index (χ0v) is 7.51. The first-order valence-electron chi connectivity index (χ1n) is 5.20. The molecular weight excluding hydrogens is 150 g/mol. The van der Waals surface area contributed by atoms with E-state index in [0.717, 1.165) is 25.2 Å². The zero-order chi connectivity index (χ0) is 8.02. The summed E-state index contributed by atoms with van der Waals surface area (Å²) >= 11 is 0. The lowest BCUT2D eigenvalue weighted by atomic mass is 9.92. The molecule has 2 saturated carbocycles. The average molecular weight is 167 g/mol. The van der Waals surface area contributed by atoms with Gasteiger partial charge >= 0.3 is 0 Å². The van der Waals surface area contributed by atoms with Gasteiger partial charge in [0.05, 0.1) is 13.2 Å². The van der Waals surface area contributed by atoms with Gasteiger partial charge in [-0.25, -0.2) is 0 Å². The van der Waals surface area contributed by atoms with E-state index in [1.807, 2.05) is 0 Å². The second-order valence-electron chi connectivity index (χ2n) is 4.79. The topological polar surface area (TPSA) is 21.3 Å². The highest BCUT2D eigenvalue weighted by molar-refractivity contribution is 5.07. The van der Waals surface area contributed by atoms with Crippen molar-refractivity contribution in [2.24, 2.45) is 11.3 Å². The Labute approximate surface area is 73.7 Å². The molecule has 2 unspecified atom stereocenters. The number of hydrogen-bond acceptors (Lipinski definition) is 2. The molecule has 1 saturated heterocycles. The second kappa shape index (κ2) is 2.46. The third-order valence-corrected chi connectivity index (χ3v) is 3.92. The lowest BCUT2D eigenvalue weighted by molar-refractivity contribution is 0.143. The smallest absolute Gasteiger partial charge is 0.0538 e. The van der Waals surface area contributed by atoms with E-state index in [0.29, 0.717) is 5.41 Å². The Kier molecular flexibility index (Phi) is 1.50. The van der Waals surface area contributed by atoms with Crippen LogP contribution in [0.15, 0.2) is 0 Å². The Morgan fingerprint density at radius 2 is 2.33 bits per heavy atom. The number of nitrogens with one attached hydrogen (secondary N) is 1. The lowest BCUT2D eigenvalue weighted by Gasteiger charge is -2.28. The van der Waals surface area contributed by atoms with Crippen LogP contribution in [0.4, 0.5) is 0 Å². The standard InChI is InChI=1S/C10H17NO/c1-2-9(3-1)11-6-10-4-8(10)5-12-7-10/h8-9,11H,1-7H2. The molecule has 1 N–H and O–H groups in total. The van der Waals surface area contributed by atoms with E-state index in [1.165, 1.54) is 32.2 Å². The molecule has 2 atom stereocenters. The lowest BCUT2D eigenvalue weighted by Crippen LogP contribution is -2.39. The van der Waals surface area contributed by atoms with E-state index in [9.17, 15) is 0 Å². The Morgan fingerprint density at radius 3 is 2.83 bits per heavy atom. The minimum absolute atomic E-state index is 0.593. The normalized spacial score (nSPS) is 45.5. The molecule has 0 amide bonds. The third-order valence-electron chi connectivity index (χ3n) is 3.92. The maximum Gasteiger partial charge on any atom is 0.0538 e. The molecule has 0 aromatic carbocycles. The first-order chi connectivity index (χ1) is 5.89. The fraction of sp³-hybridized carbons (Fsp3) is 1.00. The van der Waals surface area contributed by atoms with Crippen LogP contribution >= 0.6 is 0 Å². The van der Waals surface area contributed by atoms with E-state index in [2.05, 4.69) is 5.32 Å². The van der Waals surface area contributed by atoms with Gasteiger partial charge in [0, 0.05) is 18.0 Å². The number of rotatable bonds is 3. The summed E-state index contributed by atoms with van der Waals surface area (Å²) in [5.41, 5.74) is 0.593. The predicted octanol–water partition coefficient (Wildman–Crippen LogP) is 1.16. The Balaban J connectivity index is 1.49. The minimum Gasteiger partial charge on any atom is -0.380 e. The monoisotopic (exact) mass is 167 g/mol. The van der Waals surface area contributed by atoms with E-state index in [1.54, 1.807) is 0 Å². The summed E-state index contributed by atoms with van der Waals surface area (Å²) in [5, 5.41) is 3.66. The number of fused-ring (bicyclic) bond motifs is 1. The molecule has 2 heteroatoms. The Bertz CT molecular complexity index is 190. The highest BCUT2D eigenvalue weighted by atomic mass is 16.5. The van der Waals surface area contributed by atoms with Crippen molar-refractivity contribution in [2.75, 3.05) is 19.8 Å². The van der Waals surface area contributed by atoms with Gasteiger partial charge in [-0.15, -0.1) is 0 Å². The maximum absolute atomic E-state index is 5.45. The van der Waals surface area contributed by atoms with Gasteiger partial charge in [0.15, 0.2) is 0 Å². The van der Waals surface area contributed by atoms with Gasteiger partial charge in [-0.2, -0.15) is 0 Å². The number of hydrogen-bond donors (Lipinski definition) is 1. The molecule has 3 aliphatic rings. The van der Waals surface area contributed by atoms with Crippen molar-refractivity contribution in [3.8, 4) is 0 Å². The molecule has 2 aliphatic carbocycles. The molecule has 68 valence electrons. The number of ether oxygens (including phenoxy) is 1. The van der Waals surface area contributed by atoms with Crippen LogP contribution in [0.25, 0.3) is 0 Å². The first-order valence-corrected chi connectivity index (χ1v) is 5.20. The van der Waals surface area contributed by atoms with Crippen molar-refractivity contribution < 1.29 is 4.74 Å². The van der Waals surface area contributed by atoms with Crippen LogP contribution in [-0.4, -0.2) is 25.8 Å². The molecule has 12 heavy (non-hydrogen) atoms. The second-order valence-corrected chi connectivity index (χ2v) is 4.79. The van der Waals surface area contributed by atoms with Crippen molar-refractivity contribution in [3.63, 3.8) is 0 Å². The van der Waals surface area contributed by atoms with Crippen LogP contribution in [0.5, 0.6) is 0 Å². The van der Waals surface area contributed by atoms with Gasteiger partial charge in [-0.1, -0.05) is 6.42 Å². The Hall–Kier alpha value is -0.0800. The highest BCUT2D eigenvalue weighted by Crippen LogP contribution is 2.56. The van der Waals surface area contributed by atoms with E-state index in [4.69, 9.17) is 4.74 Å². The van der Waals surface area contributed by atoms with Gasteiger partial charge in [0.2, 0.25) is 0 Å². The van der Waals surface area contributed by atoms with Crippen LogP contribution < -0.4 is 5.32 Å². The average Bonchev–Trinajstić information content (AvgIpc) is 2.51. The quantitative estimate of drug-likeness (QED) is 0.681. The molecule has 2 nitrogen and oxygen atoms in total. The van der Waals surface area contributed by atoms with Gasteiger partial charge in [0.25, 0.3) is 0 Å². The van der Waals surface area contributed by atoms with Crippen LogP contribution in [0.1, 0.15) is 25.7 Å². The van der Waals surface area contributed by atoms with E-state index >= 15 is 0 Å². The molecular formula is C10H17NO. The van der Waals surface area contributed by atoms with Crippen molar-refractivity contribution in [2.45, 2.75) is 31.7 Å². The zero-order valence-electron chi connectivity index (χ0n) is 7.51. The van der Waals surface area contributed by atoms with E-state index < -0.39 is 0 Å². The molecule has 0 aromatic rings. The fourth-order valence-corrected chi connectivity index (χ4v) is 2.48. The first kappa shape index (κ1) is 7.34. The van der Waals surface area contributed by atoms with E-state index in [-0.39, 0.29) is 0 Å². The van der Waals surface area contributed by atoms with Crippen molar-refractivity contribution in [1.82, 2.24) is 5.32 Å². The Morgan fingerprint density at radius 1 is 1.42 bits per heavy atom. The van der Waals surface area contributed by atoms with Crippen LogP contribution in [0.2, 0.25) is 0 Å². The highest BCUT2D eigenvalue weighted by Gasteiger charge is 2.57. The summed E-state index contributed by atoms with van der Waals surface area (Å²) in [5.74, 6) is 0.907. The van der Waals surface area contributed by atoms with Gasteiger partial charge < -0.3 is 10.1 Å². The summed E-state index contributed by atoms with van der Waals surface area (Å²) in [6.45, 7) is 3.28. The summed E-state index contributed by atoms with van der Waals surface area (Å²) < 4.78 is 5.45. The minimum atomic E-state index is 0.593. The molecule has 3 fully saturated rings. The molecule has 1 aliphatic heterocycles. The summed E-state index contributed by atoms with van der Waals surface area (Å²) in [7, 11) is 0. The van der Waals surface area contributed by atoms with Crippen molar-refractivity contribution >= 4 is 0 Å². The molecule has 0 spiro atoms. The van der Waals surface area contributed by atoms with Gasteiger partial charge in [0.1, 0.15) is 0 Å². The molecule has 0 bridgehead atoms. The molecule has 0 radical (unpaired) electrons. The molecule has 0 aromatic heterocycles. The summed E-state index contributed by atoms with van der Waals surface area (Å²) in [6.07, 6.45) is 5.67. The van der Waals surface area contributed by atoms with Crippen LogP contribution in [0, 0.1) is 11.3 Å². The predicted molar refractivity (Wildman–Crippen MR) is 47.0 cm³/mol. The maximum atomic E-state index is 5.45. The van der Waals surface area contributed by atoms with Gasteiger partial charge in [-0.3, -0.25) is 0 Å². The van der Waals surface area contributed by atoms with Crippen LogP contribution in [0.3, 0.4) is 0 Å². The van der Waals surface area contributed by atoms with Gasteiger partial charge in [-0.05, 0) is 25.2 Å². The van der Waals surface area contributed by atoms with Crippen molar-refractivity contribution in [1.29, 1.82) is 0 Å². The summed E-state index contributed by atoms with van der Waals surface area (Å²) in [4.78, 5) is 0. The van der Waals surface area contributed by atoms with Crippen LogP contribution in [-0.2, 0) is 4.74 Å². The SMILES string of the molecule is C1CC(NCC23COCC2C3)C1. The molecule has 1 heterocycles. The fourth-order valence-electron chi connectivity index (χ4n) is 2.48. The molecule has 3 rings (SSSR count).